The van der Waals surface area contributed by atoms with Crippen molar-refractivity contribution in [3.8, 4) is 11.3 Å². The van der Waals surface area contributed by atoms with Crippen LogP contribution in [0.15, 0.2) is 30.5 Å². The van der Waals surface area contributed by atoms with Gasteiger partial charge in [-0.15, -0.1) is 11.3 Å². The van der Waals surface area contributed by atoms with Crippen molar-refractivity contribution in [2.45, 2.75) is 31.8 Å². The average molecular weight is 437 g/mol. The first-order valence-corrected chi connectivity index (χ1v) is 10.4. The van der Waals surface area contributed by atoms with Gasteiger partial charge in [-0.1, -0.05) is 17.7 Å². The predicted molar refractivity (Wildman–Crippen MR) is 109 cm³/mol. The van der Waals surface area contributed by atoms with Gasteiger partial charge in [0.05, 0.1) is 21.8 Å². The number of halogens is 3. The number of amides is 1. The molecule has 1 atom stereocenters. The molecule has 4 rings (SSSR count). The average Bonchev–Trinajstić information content (AvgIpc) is 3.23. The van der Waals surface area contributed by atoms with E-state index >= 15 is 0 Å². The van der Waals surface area contributed by atoms with E-state index in [1.54, 1.807) is 6.20 Å². The molecule has 152 valence electrons. The van der Waals surface area contributed by atoms with E-state index in [9.17, 15) is 13.6 Å². The molecule has 0 saturated heterocycles. The fraction of sp³-hybridized carbons (Fsp3) is 0.300. The van der Waals surface area contributed by atoms with Gasteiger partial charge in [-0.3, -0.25) is 9.48 Å². The molecule has 1 aliphatic heterocycles. The fourth-order valence-corrected chi connectivity index (χ4v) is 4.87. The number of nitrogens with one attached hydrogen (secondary N) is 1. The fourth-order valence-electron chi connectivity index (χ4n) is 3.52. The second-order valence-corrected chi connectivity index (χ2v) is 8.52. The van der Waals surface area contributed by atoms with Gasteiger partial charge < -0.3 is 11.1 Å². The molecule has 0 spiro atoms. The van der Waals surface area contributed by atoms with Gasteiger partial charge in [0.25, 0.3) is 5.91 Å². The van der Waals surface area contributed by atoms with Crippen molar-refractivity contribution < 1.29 is 13.6 Å². The Hall–Kier alpha value is -2.29. The lowest BCUT2D eigenvalue weighted by Crippen LogP contribution is -2.41. The third kappa shape index (κ3) is 4.05. The molecular formula is C20H19ClF2N4OS. The van der Waals surface area contributed by atoms with Gasteiger partial charge in [-0.05, 0) is 43.0 Å². The number of hydrogen-bond acceptors (Lipinski definition) is 4. The number of aromatic nitrogens is 2. The Morgan fingerprint density at radius 2 is 2.17 bits per heavy atom. The van der Waals surface area contributed by atoms with Crippen molar-refractivity contribution in [2.75, 3.05) is 6.54 Å². The zero-order chi connectivity index (χ0) is 20.5. The van der Waals surface area contributed by atoms with Crippen molar-refractivity contribution in [1.82, 2.24) is 15.1 Å². The van der Waals surface area contributed by atoms with Gasteiger partial charge in [0, 0.05) is 29.6 Å². The van der Waals surface area contributed by atoms with Crippen LogP contribution in [0.5, 0.6) is 0 Å². The first kappa shape index (κ1) is 20.0. The predicted octanol–water partition coefficient (Wildman–Crippen LogP) is 3.79. The molecule has 0 saturated carbocycles. The van der Waals surface area contributed by atoms with Crippen molar-refractivity contribution in [3.63, 3.8) is 0 Å². The molecule has 0 aliphatic carbocycles. The maximum Gasteiger partial charge on any atom is 0.261 e. The van der Waals surface area contributed by atoms with Crippen LogP contribution in [0.2, 0.25) is 5.02 Å². The summed E-state index contributed by atoms with van der Waals surface area (Å²) in [7, 11) is 0. The van der Waals surface area contributed by atoms with Crippen LogP contribution in [0.25, 0.3) is 11.3 Å². The molecule has 0 radical (unpaired) electrons. The van der Waals surface area contributed by atoms with E-state index in [-0.39, 0.29) is 12.5 Å². The summed E-state index contributed by atoms with van der Waals surface area (Å²) in [5.74, 6) is -2.07. The molecule has 3 N–H and O–H groups in total. The SMILES string of the molecule is NC[C@H](Cc1ccc(F)c(F)c1)NC(=O)c1cc2c(s1)CCCn1ncc(Cl)c1-2. The maximum atomic E-state index is 13.4. The number of fused-ring (bicyclic) bond motifs is 3. The van der Waals surface area contributed by atoms with Crippen LogP contribution in [0.3, 0.4) is 0 Å². The van der Waals surface area contributed by atoms with Gasteiger partial charge in [0.1, 0.15) is 0 Å². The minimum Gasteiger partial charge on any atom is -0.347 e. The quantitative estimate of drug-likeness (QED) is 0.639. The molecule has 3 aromatic rings. The van der Waals surface area contributed by atoms with Gasteiger partial charge in [0.15, 0.2) is 11.6 Å². The molecule has 5 nitrogen and oxygen atoms in total. The summed E-state index contributed by atoms with van der Waals surface area (Å²) in [5.41, 5.74) is 8.14. The van der Waals surface area contributed by atoms with E-state index in [4.69, 9.17) is 17.3 Å². The van der Waals surface area contributed by atoms with E-state index in [2.05, 4.69) is 10.4 Å². The summed E-state index contributed by atoms with van der Waals surface area (Å²) < 4.78 is 28.4. The summed E-state index contributed by atoms with van der Waals surface area (Å²) in [6.07, 6.45) is 3.70. The lowest BCUT2D eigenvalue weighted by Gasteiger charge is -2.16. The van der Waals surface area contributed by atoms with Crippen LogP contribution in [-0.4, -0.2) is 28.3 Å². The number of nitrogens with zero attached hydrogens (tertiary/aromatic N) is 2. The van der Waals surface area contributed by atoms with Gasteiger partial charge >= 0.3 is 0 Å². The summed E-state index contributed by atoms with van der Waals surface area (Å²) in [6.45, 7) is 0.961. The summed E-state index contributed by atoms with van der Waals surface area (Å²) >= 11 is 7.75. The molecular weight excluding hydrogens is 418 g/mol. The molecule has 0 fully saturated rings. The van der Waals surface area contributed by atoms with Crippen LogP contribution >= 0.6 is 22.9 Å². The number of hydrogen-bond donors (Lipinski definition) is 2. The molecule has 0 bridgehead atoms. The van der Waals surface area contributed by atoms with Crippen LogP contribution in [-0.2, 0) is 19.4 Å². The summed E-state index contributed by atoms with van der Waals surface area (Å²) in [5, 5.41) is 7.77. The lowest BCUT2D eigenvalue weighted by molar-refractivity contribution is 0.0942. The highest BCUT2D eigenvalue weighted by Crippen LogP contribution is 2.38. The number of rotatable bonds is 5. The van der Waals surface area contributed by atoms with E-state index in [0.717, 1.165) is 47.7 Å². The first-order chi connectivity index (χ1) is 14.0. The highest BCUT2D eigenvalue weighted by Gasteiger charge is 2.24. The van der Waals surface area contributed by atoms with Gasteiger partial charge in [-0.25, -0.2) is 8.78 Å². The number of carbonyl (C=O) groups excluding carboxylic acids is 1. The van der Waals surface area contributed by atoms with Crippen molar-refractivity contribution in [1.29, 1.82) is 0 Å². The van der Waals surface area contributed by atoms with E-state index in [1.807, 2.05) is 10.7 Å². The monoisotopic (exact) mass is 436 g/mol. The van der Waals surface area contributed by atoms with Crippen molar-refractivity contribution >= 4 is 28.8 Å². The lowest BCUT2D eigenvalue weighted by atomic mass is 10.1. The standard InChI is InChI=1S/C20H19ClF2N4OS/c21-14-10-25-27-5-1-2-17-13(19(14)27)8-18(29-17)20(28)26-12(9-24)6-11-3-4-15(22)16(23)7-11/h3-4,7-8,10,12H,1-2,5-6,9,24H2,(H,26,28)/t12-/m0/s1. The number of aryl methyl sites for hydroxylation is 2. The molecule has 1 aliphatic rings. The van der Waals surface area contributed by atoms with Gasteiger partial charge in [0.2, 0.25) is 0 Å². The number of benzene rings is 1. The normalized spacial score (nSPS) is 14.1. The highest BCUT2D eigenvalue weighted by molar-refractivity contribution is 7.14. The van der Waals surface area contributed by atoms with Gasteiger partial charge in [-0.2, -0.15) is 5.10 Å². The Morgan fingerprint density at radius 1 is 1.34 bits per heavy atom. The zero-order valence-electron chi connectivity index (χ0n) is 15.4. The second kappa shape index (κ2) is 8.22. The van der Waals surface area contributed by atoms with Crippen molar-refractivity contribution in [2.24, 2.45) is 5.73 Å². The molecule has 3 heterocycles. The van der Waals surface area contributed by atoms with Crippen LogP contribution in [0.4, 0.5) is 8.78 Å². The molecule has 2 aromatic heterocycles. The molecule has 1 aromatic carbocycles. The van der Waals surface area contributed by atoms with Crippen LogP contribution in [0.1, 0.15) is 26.5 Å². The highest BCUT2D eigenvalue weighted by atomic mass is 35.5. The Bertz CT molecular complexity index is 1060. The number of carbonyl (C=O) groups is 1. The minimum absolute atomic E-state index is 0.175. The van der Waals surface area contributed by atoms with E-state index < -0.39 is 17.7 Å². The Morgan fingerprint density at radius 3 is 2.93 bits per heavy atom. The molecule has 0 unspecified atom stereocenters. The largest absolute Gasteiger partial charge is 0.347 e. The zero-order valence-corrected chi connectivity index (χ0v) is 17.0. The summed E-state index contributed by atoms with van der Waals surface area (Å²) in [4.78, 5) is 14.5. The maximum absolute atomic E-state index is 13.4. The summed E-state index contributed by atoms with van der Waals surface area (Å²) in [6, 6.07) is 5.13. The van der Waals surface area contributed by atoms with E-state index in [1.165, 1.54) is 17.4 Å². The minimum atomic E-state index is -0.917. The third-order valence-electron chi connectivity index (χ3n) is 4.94. The van der Waals surface area contributed by atoms with Crippen molar-refractivity contribution in [3.05, 3.63) is 62.4 Å². The first-order valence-electron chi connectivity index (χ1n) is 9.25. The Balaban J connectivity index is 1.53. The third-order valence-corrected chi connectivity index (χ3v) is 6.41. The molecule has 1 amide bonds. The van der Waals surface area contributed by atoms with Crippen LogP contribution < -0.4 is 11.1 Å². The number of nitrogens with two attached hydrogens (primary N) is 1. The topological polar surface area (TPSA) is 72.9 Å². The van der Waals surface area contributed by atoms with Crippen LogP contribution in [0, 0.1) is 11.6 Å². The number of thiophene rings is 1. The Labute approximate surface area is 175 Å². The molecule has 9 heteroatoms. The second-order valence-electron chi connectivity index (χ2n) is 6.97. The Kier molecular flexibility index (Phi) is 5.67. The smallest absolute Gasteiger partial charge is 0.261 e. The van der Waals surface area contributed by atoms with E-state index in [0.29, 0.717) is 21.9 Å². The molecule has 29 heavy (non-hydrogen) atoms.